The molecule has 1 unspecified atom stereocenters. The molecule has 2 amide bonds. The number of ether oxygens (including phenoxy) is 1. The average Bonchev–Trinajstić information content (AvgIpc) is 2.85. The summed E-state index contributed by atoms with van der Waals surface area (Å²) in [6.07, 6.45) is -0.157. The highest BCUT2D eigenvalue weighted by atomic mass is 19.3. The van der Waals surface area contributed by atoms with Crippen molar-refractivity contribution in [2.75, 3.05) is 32.1 Å². The number of nitrogens with zero attached hydrogens (tertiary/aromatic N) is 2. The molecule has 1 aliphatic heterocycles. The van der Waals surface area contributed by atoms with E-state index in [0.29, 0.717) is 31.1 Å². The molecule has 1 aromatic heterocycles. The predicted octanol–water partition coefficient (Wildman–Crippen LogP) is 1.55. The topological polar surface area (TPSA) is 66.5 Å². The number of amides is 2. The number of nitrogens with one attached hydrogen (secondary N) is 2. The van der Waals surface area contributed by atoms with E-state index in [-0.39, 0.29) is 18.6 Å². The van der Waals surface area contributed by atoms with Crippen LogP contribution in [-0.4, -0.2) is 55.1 Å². The van der Waals surface area contributed by atoms with E-state index in [1.54, 1.807) is 17.0 Å². The van der Waals surface area contributed by atoms with Crippen LogP contribution in [-0.2, 0) is 0 Å². The number of methoxy groups -OCH3 is 1. The van der Waals surface area contributed by atoms with Crippen LogP contribution in [0.15, 0.2) is 18.3 Å². The molecule has 0 saturated carbocycles. The highest BCUT2D eigenvalue weighted by Crippen LogP contribution is 2.14. The highest BCUT2D eigenvalue weighted by molar-refractivity contribution is 5.89. The van der Waals surface area contributed by atoms with Gasteiger partial charge in [-0.2, -0.15) is 0 Å². The van der Waals surface area contributed by atoms with Gasteiger partial charge in [0.25, 0.3) is 6.43 Å². The Morgan fingerprint density at radius 1 is 1.62 bits per heavy atom. The van der Waals surface area contributed by atoms with E-state index < -0.39 is 6.43 Å². The lowest BCUT2D eigenvalue weighted by Gasteiger charge is -2.16. The lowest BCUT2D eigenvalue weighted by Crippen LogP contribution is -2.40. The van der Waals surface area contributed by atoms with E-state index >= 15 is 0 Å². The lowest BCUT2D eigenvalue weighted by molar-refractivity contribution is 0.0988. The molecule has 0 aromatic carbocycles. The Morgan fingerprint density at radius 2 is 2.43 bits per heavy atom. The van der Waals surface area contributed by atoms with Crippen molar-refractivity contribution in [1.29, 1.82) is 0 Å². The summed E-state index contributed by atoms with van der Waals surface area (Å²) in [6.45, 7) is 0.761. The van der Waals surface area contributed by atoms with Crippen LogP contribution in [0.2, 0.25) is 0 Å². The van der Waals surface area contributed by atoms with Crippen molar-refractivity contribution < 1.29 is 18.3 Å². The molecular weight excluding hydrogens is 282 g/mol. The molecule has 1 aromatic rings. The summed E-state index contributed by atoms with van der Waals surface area (Å²) < 4.78 is 29.5. The van der Waals surface area contributed by atoms with Gasteiger partial charge >= 0.3 is 6.03 Å². The number of carbonyl (C=O) groups is 1. The van der Waals surface area contributed by atoms with Crippen LogP contribution >= 0.6 is 0 Å². The molecule has 116 valence electrons. The largest absolute Gasteiger partial charge is 0.481 e. The molecule has 2 heterocycles. The van der Waals surface area contributed by atoms with Gasteiger partial charge in [0, 0.05) is 37.1 Å². The van der Waals surface area contributed by atoms with Crippen LogP contribution in [0.3, 0.4) is 0 Å². The number of urea groups is 1. The monoisotopic (exact) mass is 300 g/mol. The Bertz CT molecular complexity index is 487. The van der Waals surface area contributed by atoms with Crippen LogP contribution in [0.25, 0.3) is 0 Å². The van der Waals surface area contributed by atoms with Gasteiger partial charge in [0.05, 0.1) is 13.7 Å². The molecule has 1 aliphatic rings. The van der Waals surface area contributed by atoms with E-state index in [4.69, 9.17) is 4.74 Å². The molecule has 0 spiro atoms. The summed E-state index contributed by atoms with van der Waals surface area (Å²) in [5.41, 5.74) is 0.557. The van der Waals surface area contributed by atoms with Crippen molar-refractivity contribution in [2.45, 2.75) is 18.9 Å². The predicted molar refractivity (Wildman–Crippen MR) is 73.8 cm³/mol. The summed E-state index contributed by atoms with van der Waals surface area (Å²) in [4.78, 5) is 17.4. The van der Waals surface area contributed by atoms with Gasteiger partial charge in [-0.15, -0.1) is 0 Å². The van der Waals surface area contributed by atoms with Crippen molar-refractivity contribution in [1.82, 2.24) is 15.2 Å². The highest BCUT2D eigenvalue weighted by Gasteiger charge is 2.25. The number of hydrogen-bond acceptors (Lipinski definition) is 4. The van der Waals surface area contributed by atoms with Gasteiger partial charge in [0.1, 0.15) is 0 Å². The maximum absolute atomic E-state index is 12.3. The normalized spacial score (nSPS) is 18.8. The standard InChI is InChI=1S/C13H18F2N4O2/c1-21-12-6-9(2-4-16-12)17-13(20)18-10-3-5-19(7-10)8-11(14)15/h2,4,6,10-11H,3,5,7-8H2,1H3,(H2,16,17,18,20). The van der Waals surface area contributed by atoms with E-state index in [1.165, 1.54) is 13.3 Å². The van der Waals surface area contributed by atoms with Crippen molar-refractivity contribution in [3.8, 4) is 5.88 Å². The average molecular weight is 300 g/mol. The SMILES string of the molecule is COc1cc(NC(=O)NC2CCN(CC(F)F)C2)ccn1. The Kier molecular flexibility index (Phi) is 5.26. The first-order valence-electron chi connectivity index (χ1n) is 6.65. The number of carbonyl (C=O) groups excluding carboxylic acids is 1. The van der Waals surface area contributed by atoms with Gasteiger partial charge in [-0.25, -0.2) is 18.6 Å². The maximum atomic E-state index is 12.3. The molecule has 1 atom stereocenters. The second kappa shape index (κ2) is 7.16. The fourth-order valence-electron chi connectivity index (χ4n) is 2.26. The molecule has 0 radical (unpaired) electrons. The Balaban J connectivity index is 1.79. The molecule has 6 nitrogen and oxygen atoms in total. The number of pyridine rings is 1. The van der Waals surface area contributed by atoms with Crippen LogP contribution in [0, 0.1) is 0 Å². The molecular formula is C13H18F2N4O2. The fourth-order valence-corrected chi connectivity index (χ4v) is 2.26. The number of rotatable bonds is 5. The van der Waals surface area contributed by atoms with Gasteiger partial charge in [-0.1, -0.05) is 0 Å². The molecule has 2 rings (SSSR count). The minimum absolute atomic E-state index is 0.118. The molecule has 1 fully saturated rings. The minimum Gasteiger partial charge on any atom is -0.481 e. The van der Waals surface area contributed by atoms with Gasteiger partial charge in [-0.3, -0.25) is 4.90 Å². The van der Waals surface area contributed by atoms with Crippen molar-refractivity contribution in [3.63, 3.8) is 0 Å². The number of hydrogen-bond donors (Lipinski definition) is 2. The zero-order valence-corrected chi connectivity index (χ0v) is 11.7. The number of likely N-dealkylation sites (tertiary alicyclic amines) is 1. The number of anilines is 1. The fraction of sp³-hybridized carbons (Fsp3) is 0.538. The van der Waals surface area contributed by atoms with E-state index in [9.17, 15) is 13.6 Å². The van der Waals surface area contributed by atoms with Crippen molar-refractivity contribution >= 4 is 11.7 Å². The van der Waals surface area contributed by atoms with Crippen LogP contribution < -0.4 is 15.4 Å². The maximum Gasteiger partial charge on any atom is 0.319 e. The number of alkyl halides is 2. The first-order chi connectivity index (χ1) is 10.1. The van der Waals surface area contributed by atoms with E-state index in [2.05, 4.69) is 15.6 Å². The zero-order chi connectivity index (χ0) is 15.2. The third-order valence-electron chi connectivity index (χ3n) is 3.21. The van der Waals surface area contributed by atoms with Crippen molar-refractivity contribution in [3.05, 3.63) is 18.3 Å². The molecule has 8 heteroatoms. The third kappa shape index (κ3) is 4.82. The van der Waals surface area contributed by atoms with E-state index in [0.717, 1.165) is 0 Å². The second-order valence-corrected chi connectivity index (χ2v) is 4.82. The lowest BCUT2D eigenvalue weighted by atomic mass is 10.3. The van der Waals surface area contributed by atoms with Crippen LogP contribution in [0.4, 0.5) is 19.3 Å². The first kappa shape index (κ1) is 15.4. The molecule has 2 N–H and O–H groups in total. The first-order valence-corrected chi connectivity index (χ1v) is 6.65. The minimum atomic E-state index is -2.35. The van der Waals surface area contributed by atoms with Crippen LogP contribution in [0.5, 0.6) is 5.88 Å². The van der Waals surface area contributed by atoms with E-state index in [1.807, 2.05) is 0 Å². The number of aromatic nitrogens is 1. The van der Waals surface area contributed by atoms with Crippen molar-refractivity contribution in [2.24, 2.45) is 0 Å². The molecule has 21 heavy (non-hydrogen) atoms. The van der Waals surface area contributed by atoms with Gasteiger partial charge < -0.3 is 15.4 Å². The summed E-state index contributed by atoms with van der Waals surface area (Å²) in [5.74, 6) is 0.400. The summed E-state index contributed by atoms with van der Waals surface area (Å²) in [7, 11) is 1.49. The molecule has 0 bridgehead atoms. The second-order valence-electron chi connectivity index (χ2n) is 4.82. The Labute approximate surface area is 121 Å². The quantitative estimate of drug-likeness (QED) is 0.866. The zero-order valence-electron chi connectivity index (χ0n) is 11.7. The summed E-state index contributed by atoms with van der Waals surface area (Å²) >= 11 is 0. The molecule has 0 aliphatic carbocycles. The van der Waals surface area contributed by atoms with Crippen LogP contribution in [0.1, 0.15) is 6.42 Å². The van der Waals surface area contributed by atoms with Gasteiger partial charge in [0.15, 0.2) is 0 Å². The Hall–Kier alpha value is -1.96. The number of halogens is 2. The third-order valence-corrected chi connectivity index (χ3v) is 3.21. The summed E-state index contributed by atoms with van der Waals surface area (Å²) in [6, 6.07) is 2.75. The molecule has 1 saturated heterocycles. The van der Waals surface area contributed by atoms with Gasteiger partial charge in [0.2, 0.25) is 5.88 Å². The van der Waals surface area contributed by atoms with Gasteiger partial charge in [-0.05, 0) is 12.5 Å². The summed E-state index contributed by atoms with van der Waals surface area (Å²) in [5, 5.41) is 5.43. The Morgan fingerprint density at radius 3 is 3.14 bits per heavy atom. The smallest absolute Gasteiger partial charge is 0.319 e.